The van der Waals surface area contributed by atoms with Gasteiger partial charge in [0.2, 0.25) is 0 Å². The molecule has 1 atom stereocenters. The third kappa shape index (κ3) is 5.06. The Bertz CT molecular complexity index is 439. The van der Waals surface area contributed by atoms with Crippen molar-refractivity contribution in [2.75, 3.05) is 26.2 Å². The third-order valence-corrected chi connectivity index (χ3v) is 4.28. The van der Waals surface area contributed by atoms with Crippen molar-refractivity contribution in [1.29, 1.82) is 0 Å². The number of aliphatic hydroxyl groups excluding tert-OH is 1. The molecular weight excluding hydrogens is 267 g/mol. The van der Waals surface area contributed by atoms with Crippen LogP contribution in [0.1, 0.15) is 36.8 Å². The summed E-state index contributed by atoms with van der Waals surface area (Å²) in [6.45, 7) is 5.95. The Morgan fingerprint density at radius 2 is 2.24 bits per heavy atom. The van der Waals surface area contributed by atoms with Gasteiger partial charge in [-0.2, -0.15) is 0 Å². The number of rotatable bonds is 8. The molecule has 0 bridgehead atoms. The highest BCUT2D eigenvalue weighted by Crippen LogP contribution is 2.16. The standard InChI is InChI=1S/C17H27FN2O/c1-14-6-7-17(18)15(11-14)12-19-8-2-3-9-20-10-4-5-16(20)13-21/h6-7,11,16,19,21H,2-5,8-10,12-13H2,1H3. The van der Waals surface area contributed by atoms with Crippen LogP contribution in [-0.2, 0) is 6.54 Å². The van der Waals surface area contributed by atoms with Crippen molar-refractivity contribution in [1.82, 2.24) is 10.2 Å². The highest BCUT2D eigenvalue weighted by molar-refractivity contribution is 5.23. The van der Waals surface area contributed by atoms with E-state index < -0.39 is 0 Å². The van der Waals surface area contributed by atoms with E-state index in [9.17, 15) is 9.50 Å². The molecule has 0 amide bonds. The van der Waals surface area contributed by atoms with Gasteiger partial charge in [-0.25, -0.2) is 4.39 Å². The molecule has 1 saturated heterocycles. The quantitative estimate of drug-likeness (QED) is 0.723. The summed E-state index contributed by atoms with van der Waals surface area (Å²) < 4.78 is 13.6. The van der Waals surface area contributed by atoms with Gasteiger partial charge in [-0.3, -0.25) is 4.90 Å². The first-order valence-electron chi connectivity index (χ1n) is 8.01. The molecule has 0 spiro atoms. The summed E-state index contributed by atoms with van der Waals surface area (Å²) >= 11 is 0. The van der Waals surface area contributed by atoms with Crippen LogP contribution in [-0.4, -0.2) is 42.3 Å². The summed E-state index contributed by atoms with van der Waals surface area (Å²) in [7, 11) is 0. The topological polar surface area (TPSA) is 35.5 Å². The van der Waals surface area contributed by atoms with E-state index in [-0.39, 0.29) is 12.4 Å². The lowest BCUT2D eigenvalue weighted by Gasteiger charge is -2.22. The van der Waals surface area contributed by atoms with Crippen LogP contribution in [0.4, 0.5) is 4.39 Å². The molecule has 4 heteroatoms. The smallest absolute Gasteiger partial charge is 0.127 e. The normalized spacial score (nSPS) is 19.3. The van der Waals surface area contributed by atoms with E-state index in [1.54, 1.807) is 6.07 Å². The van der Waals surface area contributed by atoms with E-state index in [1.807, 2.05) is 13.0 Å². The van der Waals surface area contributed by atoms with Crippen molar-refractivity contribution in [3.05, 3.63) is 35.1 Å². The van der Waals surface area contributed by atoms with E-state index in [4.69, 9.17) is 0 Å². The van der Waals surface area contributed by atoms with Crippen LogP contribution < -0.4 is 5.32 Å². The van der Waals surface area contributed by atoms with E-state index >= 15 is 0 Å². The Balaban J connectivity index is 1.59. The molecule has 1 heterocycles. The summed E-state index contributed by atoms with van der Waals surface area (Å²) in [5.41, 5.74) is 1.84. The molecule has 1 aromatic rings. The Labute approximate surface area is 127 Å². The van der Waals surface area contributed by atoms with Crippen molar-refractivity contribution >= 4 is 0 Å². The summed E-state index contributed by atoms with van der Waals surface area (Å²) in [5.74, 6) is -0.129. The van der Waals surface area contributed by atoms with Crippen molar-refractivity contribution in [2.24, 2.45) is 0 Å². The van der Waals surface area contributed by atoms with Crippen LogP contribution in [0.25, 0.3) is 0 Å². The van der Waals surface area contributed by atoms with Crippen LogP contribution in [0.2, 0.25) is 0 Å². The van der Waals surface area contributed by atoms with Gasteiger partial charge in [0.25, 0.3) is 0 Å². The van der Waals surface area contributed by atoms with Gasteiger partial charge in [-0.15, -0.1) is 0 Å². The van der Waals surface area contributed by atoms with Gasteiger partial charge in [0.15, 0.2) is 0 Å². The van der Waals surface area contributed by atoms with Crippen molar-refractivity contribution < 1.29 is 9.50 Å². The third-order valence-electron chi connectivity index (χ3n) is 4.28. The fraction of sp³-hybridized carbons (Fsp3) is 0.647. The lowest BCUT2D eigenvalue weighted by Crippen LogP contribution is -2.33. The summed E-state index contributed by atoms with van der Waals surface area (Å²) in [6.07, 6.45) is 4.54. The van der Waals surface area contributed by atoms with Gasteiger partial charge in [0.1, 0.15) is 5.82 Å². The van der Waals surface area contributed by atoms with Gasteiger partial charge >= 0.3 is 0 Å². The number of likely N-dealkylation sites (tertiary alicyclic amines) is 1. The van der Waals surface area contributed by atoms with E-state index in [0.717, 1.165) is 50.0 Å². The molecule has 1 aliphatic heterocycles. The number of halogens is 1. The minimum atomic E-state index is -0.129. The van der Waals surface area contributed by atoms with E-state index in [1.165, 1.54) is 12.5 Å². The van der Waals surface area contributed by atoms with Gasteiger partial charge in [0.05, 0.1) is 6.61 Å². The summed E-state index contributed by atoms with van der Waals surface area (Å²) in [4.78, 5) is 2.39. The number of nitrogens with one attached hydrogen (secondary N) is 1. The maximum atomic E-state index is 13.6. The molecule has 2 N–H and O–H groups in total. The maximum absolute atomic E-state index is 13.6. The molecule has 1 unspecified atom stereocenters. The van der Waals surface area contributed by atoms with Crippen LogP contribution in [0.5, 0.6) is 0 Å². The lowest BCUT2D eigenvalue weighted by atomic mass is 10.1. The first kappa shape index (κ1) is 16.4. The molecule has 0 saturated carbocycles. The Morgan fingerprint density at radius 1 is 1.38 bits per heavy atom. The molecule has 0 aliphatic carbocycles. The first-order valence-corrected chi connectivity index (χ1v) is 8.01. The number of aryl methyl sites for hydroxylation is 1. The van der Waals surface area contributed by atoms with Gasteiger partial charge in [-0.1, -0.05) is 17.7 Å². The molecule has 21 heavy (non-hydrogen) atoms. The van der Waals surface area contributed by atoms with Crippen molar-refractivity contribution in [2.45, 2.75) is 45.2 Å². The largest absolute Gasteiger partial charge is 0.395 e. The van der Waals surface area contributed by atoms with Crippen molar-refractivity contribution in [3.63, 3.8) is 0 Å². The van der Waals surface area contributed by atoms with Gasteiger partial charge < -0.3 is 10.4 Å². The molecule has 3 nitrogen and oxygen atoms in total. The number of unbranched alkanes of at least 4 members (excludes halogenated alkanes) is 1. The second-order valence-corrected chi connectivity index (χ2v) is 5.99. The van der Waals surface area contributed by atoms with Crippen LogP contribution in [0.15, 0.2) is 18.2 Å². The summed E-state index contributed by atoms with van der Waals surface area (Å²) in [5, 5.41) is 12.6. The summed E-state index contributed by atoms with van der Waals surface area (Å²) in [6, 6.07) is 5.61. The zero-order chi connectivity index (χ0) is 15.1. The predicted molar refractivity (Wildman–Crippen MR) is 83.8 cm³/mol. The van der Waals surface area contributed by atoms with Crippen LogP contribution in [0.3, 0.4) is 0 Å². The first-order chi connectivity index (χ1) is 10.2. The highest BCUT2D eigenvalue weighted by atomic mass is 19.1. The SMILES string of the molecule is Cc1ccc(F)c(CNCCCCN2CCCC2CO)c1. The Kier molecular flexibility index (Phi) is 6.61. The average molecular weight is 294 g/mol. The maximum Gasteiger partial charge on any atom is 0.127 e. The lowest BCUT2D eigenvalue weighted by molar-refractivity contribution is 0.157. The molecule has 0 radical (unpaired) electrons. The number of hydrogen-bond acceptors (Lipinski definition) is 3. The van der Waals surface area contributed by atoms with Crippen molar-refractivity contribution in [3.8, 4) is 0 Å². The molecule has 118 valence electrons. The molecule has 1 aromatic carbocycles. The monoisotopic (exact) mass is 294 g/mol. The number of hydrogen-bond donors (Lipinski definition) is 2. The van der Waals surface area contributed by atoms with Gasteiger partial charge in [-0.05, 0) is 58.3 Å². The van der Waals surface area contributed by atoms with Crippen LogP contribution in [0, 0.1) is 12.7 Å². The minimum Gasteiger partial charge on any atom is -0.395 e. The Hall–Kier alpha value is -0.970. The zero-order valence-corrected chi connectivity index (χ0v) is 12.9. The predicted octanol–water partition coefficient (Wildman–Crippen LogP) is 2.46. The molecular formula is C17H27FN2O. The zero-order valence-electron chi connectivity index (χ0n) is 12.9. The van der Waals surface area contributed by atoms with E-state index in [0.29, 0.717) is 12.6 Å². The Morgan fingerprint density at radius 3 is 3.05 bits per heavy atom. The second-order valence-electron chi connectivity index (χ2n) is 5.99. The second kappa shape index (κ2) is 8.47. The number of benzene rings is 1. The van der Waals surface area contributed by atoms with E-state index in [2.05, 4.69) is 10.2 Å². The molecule has 1 aliphatic rings. The molecule has 2 rings (SSSR count). The number of aliphatic hydroxyl groups is 1. The molecule has 1 fully saturated rings. The molecule has 0 aromatic heterocycles. The highest BCUT2D eigenvalue weighted by Gasteiger charge is 2.22. The van der Waals surface area contributed by atoms with Gasteiger partial charge in [0, 0.05) is 18.2 Å². The fourth-order valence-electron chi connectivity index (χ4n) is 3.02. The number of nitrogens with zero attached hydrogens (tertiary/aromatic N) is 1. The fourth-order valence-corrected chi connectivity index (χ4v) is 3.02. The average Bonchev–Trinajstić information content (AvgIpc) is 2.93. The van der Waals surface area contributed by atoms with Crippen LogP contribution >= 0.6 is 0 Å². The minimum absolute atomic E-state index is 0.129.